The van der Waals surface area contributed by atoms with Gasteiger partial charge in [-0.1, -0.05) is 6.07 Å². The Labute approximate surface area is 97.5 Å². The fraction of sp³-hybridized carbons (Fsp3) is 0.583. The highest BCUT2D eigenvalue weighted by atomic mass is 16.3. The lowest BCUT2D eigenvalue weighted by molar-refractivity contribution is 0.199. The van der Waals surface area contributed by atoms with E-state index in [9.17, 15) is 5.11 Å². The first-order valence-electron chi connectivity index (χ1n) is 5.50. The van der Waals surface area contributed by atoms with Crippen molar-refractivity contribution in [3.8, 4) is 0 Å². The molecule has 1 aromatic heterocycles. The number of nitrogens with zero attached hydrogens (tertiary/aromatic N) is 3. The van der Waals surface area contributed by atoms with Gasteiger partial charge in [-0.15, -0.1) is 0 Å². The molecule has 1 rings (SSSR count). The van der Waals surface area contributed by atoms with Crippen LogP contribution in [0.25, 0.3) is 0 Å². The standard InChI is InChI=1S/C12H21N3O/c1-10(16)11-5-6-12(13-9-11)15(4)8-7-14(2)3/h5-6,9-10,16H,7-8H2,1-4H3/t10-/m1/s1. The number of likely N-dealkylation sites (N-methyl/N-ethyl adjacent to an activating group) is 2. The summed E-state index contributed by atoms with van der Waals surface area (Å²) in [4.78, 5) is 8.57. The average molecular weight is 223 g/mol. The van der Waals surface area contributed by atoms with E-state index in [-0.39, 0.29) is 0 Å². The van der Waals surface area contributed by atoms with E-state index in [1.54, 1.807) is 13.1 Å². The summed E-state index contributed by atoms with van der Waals surface area (Å²) >= 11 is 0. The Morgan fingerprint density at radius 1 is 1.25 bits per heavy atom. The SMILES string of the molecule is C[C@@H](O)c1ccc(N(C)CCN(C)C)nc1. The second-order valence-electron chi connectivity index (χ2n) is 4.35. The Balaban J connectivity index is 2.59. The first-order valence-corrected chi connectivity index (χ1v) is 5.50. The number of rotatable bonds is 5. The predicted molar refractivity (Wildman–Crippen MR) is 66.7 cm³/mol. The van der Waals surface area contributed by atoms with Gasteiger partial charge in [-0.3, -0.25) is 0 Å². The lowest BCUT2D eigenvalue weighted by atomic mass is 10.2. The third-order valence-electron chi connectivity index (χ3n) is 2.53. The van der Waals surface area contributed by atoms with E-state index in [2.05, 4.69) is 28.9 Å². The van der Waals surface area contributed by atoms with Gasteiger partial charge in [0.2, 0.25) is 0 Å². The van der Waals surface area contributed by atoms with Gasteiger partial charge in [-0.05, 0) is 32.6 Å². The minimum absolute atomic E-state index is 0.450. The van der Waals surface area contributed by atoms with E-state index >= 15 is 0 Å². The third kappa shape index (κ3) is 3.79. The topological polar surface area (TPSA) is 39.6 Å². The summed E-state index contributed by atoms with van der Waals surface area (Å²) in [6.07, 6.45) is 1.28. The molecule has 0 aromatic carbocycles. The molecule has 90 valence electrons. The molecule has 0 fully saturated rings. The Hall–Kier alpha value is -1.13. The predicted octanol–water partition coefficient (Wildman–Crippen LogP) is 1.13. The van der Waals surface area contributed by atoms with Crippen molar-refractivity contribution < 1.29 is 5.11 Å². The van der Waals surface area contributed by atoms with Crippen LogP contribution in [0.3, 0.4) is 0 Å². The van der Waals surface area contributed by atoms with Gasteiger partial charge in [-0.2, -0.15) is 0 Å². The highest BCUT2D eigenvalue weighted by Gasteiger charge is 2.05. The number of hydrogen-bond acceptors (Lipinski definition) is 4. The zero-order valence-corrected chi connectivity index (χ0v) is 10.5. The van der Waals surface area contributed by atoms with Crippen LogP contribution in [0, 0.1) is 0 Å². The maximum absolute atomic E-state index is 9.37. The second kappa shape index (κ2) is 5.82. The van der Waals surface area contributed by atoms with Crippen LogP contribution in [0.4, 0.5) is 5.82 Å². The highest BCUT2D eigenvalue weighted by Crippen LogP contribution is 2.14. The summed E-state index contributed by atoms with van der Waals surface area (Å²) in [5.74, 6) is 0.936. The largest absolute Gasteiger partial charge is 0.389 e. The summed E-state index contributed by atoms with van der Waals surface area (Å²) in [5, 5.41) is 9.37. The van der Waals surface area contributed by atoms with Crippen molar-refractivity contribution in [3.05, 3.63) is 23.9 Å². The number of pyridine rings is 1. The molecule has 1 aromatic rings. The quantitative estimate of drug-likeness (QED) is 0.812. The first-order chi connectivity index (χ1) is 7.50. The molecule has 0 saturated carbocycles. The molecular formula is C12H21N3O. The van der Waals surface area contributed by atoms with Gasteiger partial charge < -0.3 is 14.9 Å². The van der Waals surface area contributed by atoms with E-state index in [1.807, 2.05) is 19.2 Å². The molecule has 0 spiro atoms. The molecule has 0 bridgehead atoms. The summed E-state index contributed by atoms with van der Waals surface area (Å²) in [7, 11) is 6.13. The Bertz CT molecular complexity index is 309. The van der Waals surface area contributed by atoms with Gasteiger partial charge in [0.25, 0.3) is 0 Å². The Kier molecular flexibility index (Phi) is 4.71. The lowest BCUT2D eigenvalue weighted by Crippen LogP contribution is -2.28. The molecule has 4 nitrogen and oxygen atoms in total. The molecular weight excluding hydrogens is 202 g/mol. The average Bonchev–Trinajstić information content (AvgIpc) is 2.26. The van der Waals surface area contributed by atoms with Crippen LogP contribution in [0.15, 0.2) is 18.3 Å². The van der Waals surface area contributed by atoms with Gasteiger partial charge in [0, 0.05) is 26.3 Å². The number of aliphatic hydroxyl groups is 1. The first kappa shape index (κ1) is 12.9. The fourth-order valence-corrected chi connectivity index (χ4v) is 1.33. The monoisotopic (exact) mass is 223 g/mol. The van der Waals surface area contributed by atoms with Gasteiger partial charge in [0.15, 0.2) is 0 Å². The van der Waals surface area contributed by atoms with Crippen LogP contribution < -0.4 is 4.90 Å². The third-order valence-corrected chi connectivity index (χ3v) is 2.53. The molecule has 1 heterocycles. The van der Waals surface area contributed by atoms with Gasteiger partial charge in [0.1, 0.15) is 5.82 Å². The molecule has 16 heavy (non-hydrogen) atoms. The minimum atomic E-state index is -0.450. The van der Waals surface area contributed by atoms with Gasteiger partial charge in [-0.25, -0.2) is 4.98 Å². The summed E-state index contributed by atoms with van der Waals surface area (Å²) < 4.78 is 0. The van der Waals surface area contributed by atoms with Crippen molar-refractivity contribution in [2.24, 2.45) is 0 Å². The molecule has 1 atom stereocenters. The molecule has 0 aliphatic heterocycles. The molecule has 4 heteroatoms. The van der Waals surface area contributed by atoms with E-state index in [4.69, 9.17) is 0 Å². The van der Waals surface area contributed by atoms with Crippen LogP contribution in [0.1, 0.15) is 18.6 Å². The summed E-state index contributed by atoms with van der Waals surface area (Å²) in [6.45, 7) is 3.68. The summed E-state index contributed by atoms with van der Waals surface area (Å²) in [5.41, 5.74) is 0.852. The smallest absolute Gasteiger partial charge is 0.128 e. The van der Waals surface area contributed by atoms with E-state index in [0.717, 1.165) is 24.5 Å². The molecule has 0 amide bonds. The maximum Gasteiger partial charge on any atom is 0.128 e. The van der Waals surface area contributed by atoms with Crippen LogP contribution in [-0.4, -0.2) is 49.2 Å². The molecule has 0 radical (unpaired) electrons. The normalized spacial score (nSPS) is 12.9. The Morgan fingerprint density at radius 3 is 2.38 bits per heavy atom. The van der Waals surface area contributed by atoms with E-state index in [1.165, 1.54) is 0 Å². The van der Waals surface area contributed by atoms with Crippen molar-refractivity contribution in [2.45, 2.75) is 13.0 Å². The van der Waals surface area contributed by atoms with Crippen LogP contribution in [0.2, 0.25) is 0 Å². The fourth-order valence-electron chi connectivity index (χ4n) is 1.33. The molecule has 0 aliphatic rings. The molecule has 0 saturated heterocycles. The van der Waals surface area contributed by atoms with Gasteiger partial charge >= 0.3 is 0 Å². The Morgan fingerprint density at radius 2 is 1.94 bits per heavy atom. The second-order valence-corrected chi connectivity index (χ2v) is 4.35. The van der Waals surface area contributed by atoms with Crippen LogP contribution in [0.5, 0.6) is 0 Å². The van der Waals surface area contributed by atoms with Crippen molar-refractivity contribution in [1.82, 2.24) is 9.88 Å². The number of aliphatic hydroxyl groups excluding tert-OH is 1. The van der Waals surface area contributed by atoms with Crippen molar-refractivity contribution in [3.63, 3.8) is 0 Å². The number of hydrogen-bond donors (Lipinski definition) is 1. The highest BCUT2D eigenvalue weighted by molar-refractivity contribution is 5.38. The van der Waals surface area contributed by atoms with Crippen LogP contribution >= 0.6 is 0 Å². The van der Waals surface area contributed by atoms with E-state index in [0.29, 0.717) is 0 Å². The number of anilines is 1. The van der Waals surface area contributed by atoms with Crippen molar-refractivity contribution in [2.75, 3.05) is 39.1 Å². The van der Waals surface area contributed by atoms with Crippen molar-refractivity contribution >= 4 is 5.82 Å². The number of aromatic nitrogens is 1. The minimum Gasteiger partial charge on any atom is -0.389 e. The van der Waals surface area contributed by atoms with Crippen molar-refractivity contribution in [1.29, 1.82) is 0 Å². The maximum atomic E-state index is 9.37. The zero-order valence-electron chi connectivity index (χ0n) is 10.5. The zero-order chi connectivity index (χ0) is 12.1. The van der Waals surface area contributed by atoms with Crippen LogP contribution in [-0.2, 0) is 0 Å². The summed E-state index contributed by atoms with van der Waals surface area (Å²) in [6, 6.07) is 3.86. The molecule has 0 unspecified atom stereocenters. The van der Waals surface area contributed by atoms with Gasteiger partial charge in [0.05, 0.1) is 6.10 Å². The molecule has 1 N–H and O–H groups in total. The lowest BCUT2D eigenvalue weighted by Gasteiger charge is -2.20. The molecule has 0 aliphatic carbocycles. The van der Waals surface area contributed by atoms with E-state index < -0.39 is 6.10 Å².